The number of nitrogens with zero attached hydrogens (tertiary/aromatic N) is 1. The molecule has 0 aliphatic heterocycles. The highest BCUT2D eigenvalue weighted by Gasteiger charge is 2.30. The van der Waals surface area contributed by atoms with E-state index < -0.39 is 17.6 Å². The molecule has 25 heavy (non-hydrogen) atoms. The number of benzene rings is 2. The zero-order chi connectivity index (χ0) is 17.9. The first-order valence-electron chi connectivity index (χ1n) is 7.48. The molecule has 0 radical (unpaired) electrons. The molecule has 0 fully saturated rings. The number of rotatable bonds is 4. The van der Waals surface area contributed by atoms with Crippen molar-refractivity contribution in [2.24, 2.45) is 0 Å². The summed E-state index contributed by atoms with van der Waals surface area (Å²) in [4.78, 5) is 16.3. The smallest absolute Gasteiger partial charge is 0.374 e. The summed E-state index contributed by atoms with van der Waals surface area (Å²) in [6.45, 7) is -0.0913. The van der Waals surface area contributed by atoms with Crippen LogP contribution in [0.1, 0.15) is 5.56 Å². The zero-order valence-corrected chi connectivity index (χ0v) is 13.0. The van der Waals surface area contributed by atoms with Crippen LogP contribution in [0, 0.1) is 0 Å². The number of nitrogens with one attached hydrogen (secondary N) is 2. The van der Waals surface area contributed by atoms with Crippen molar-refractivity contribution in [1.82, 2.24) is 4.98 Å². The van der Waals surface area contributed by atoms with E-state index in [1.54, 1.807) is 12.3 Å². The van der Waals surface area contributed by atoms with Gasteiger partial charge in [-0.05, 0) is 30.3 Å². The first kappa shape index (κ1) is 16.8. The number of halogens is 3. The maximum Gasteiger partial charge on any atom is 0.416 e. The quantitative estimate of drug-likeness (QED) is 0.741. The largest absolute Gasteiger partial charge is 0.416 e. The number of aromatic nitrogens is 1. The van der Waals surface area contributed by atoms with Crippen LogP contribution in [0.3, 0.4) is 0 Å². The molecule has 1 aromatic heterocycles. The molecule has 3 aromatic rings. The molecule has 7 heteroatoms. The fraction of sp³-hybridized carbons (Fsp3) is 0.111. The number of fused-ring (bicyclic) bond motifs is 1. The monoisotopic (exact) mass is 345 g/mol. The standard InChI is InChI=1S/C18H14F3N3O/c19-18(20,21)13-6-2-7-14(10-13)24-16(25)11-23-15-8-1-4-12-5-3-9-22-17(12)15/h1-10,23H,11H2,(H,24,25). The molecule has 1 amide bonds. The normalized spacial score (nSPS) is 11.3. The summed E-state index contributed by atoms with van der Waals surface area (Å²) in [6.07, 6.45) is -2.80. The molecular formula is C18H14F3N3O. The van der Waals surface area contributed by atoms with Crippen LogP contribution in [-0.2, 0) is 11.0 Å². The van der Waals surface area contributed by atoms with Crippen LogP contribution >= 0.6 is 0 Å². The van der Waals surface area contributed by atoms with Crippen LogP contribution in [0.2, 0.25) is 0 Å². The zero-order valence-electron chi connectivity index (χ0n) is 13.0. The van der Waals surface area contributed by atoms with Gasteiger partial charge in [0, 0.05) is 17.3 Å². The molecule has 2 aromatic carbocycles. The van der Waals surface area contributed by atoms with Crippen LogP contribution in [0.25, 0.3) is 10.9 Å². The summed E-state index contributed by atoms with van der Waals surface area (Å²) in [5, 5.41) is 6.33. The van der Waals surface area contributed by atoms with Crippen LogP contribution in [0.4, 0.5) is 24.5 Å². The predicted octanol–water partition coefficient (Wildman–Crippen LogP) is 4.30. The average molecular weight is 345 g/mol. The lowest BCUT2D eigenvalue weighted by molar-refractivity contribution is -0.137. The van der Waals surface area contributed by atoms with Crippen molar-refractivity contribution in [3.05, 3.63) is 66.4 Å². The molecular weight excluding hydrogens is 331 g/mol. The molecule has 0 aliphatic rings. The summed E-state index contributed by atoms with van der Waals surface area (Å²) in [5.74, 6) is -0.452. The van der Waals surface area contributed by atoms with Crippen LogP contribution in [0.5, 0.6) is 0 Å². The van der Waals surface area contributed by atoms with Gasteiger partial charge in [-0.2, -0.15) is 13.2 Å². The van der Waals surface area contributed by atoms with E-state index in [2.05, 4.69) is 15.6 Å². The summed E-state index contributed by atoms with van der Waals surface area (Å²) >= 11 is 0. The minimum absolute atomic E-state index is 0.0913. The van der Waals surface area contributed by atoms with Crippen molar-refractivity contribution in [1.29, 1.82) is 0 Å². The number of hydrogen-bond acceptors (Lipinski definition) is 3. The minimum atomic E-state index is -4.45. The molecule has 0 spiro atoms. The second kappa shape index (κ2) is 6.80. The Morgan fingerprint density at radius 1 is 1.04 bits per heavy atom. The van der Waals surface area contributed by atoms with Crippen LogP contribution in [-0.4, -0.2) is 17.4 Å². The van der Waals surface area contributed by atoms with Gasteiger partial charge >= 0.3 is 6.18 Å². The second-order valence-electron chi connectivity index (χ2n) is 5.36. The topological polar surface area (TPSA) is 54.0 Å². The first-order chi connectivity index (χ1) is 11.9. The van der Waals surface area contributed by atoms with Crippen LogP contribution in [0.15, 0.2) is 60.8 Å². The number of carbonyl (C=O) groups excluding carboxylic acids is 1. The molecule has 0 aliphatic carbocycles. The molecule has 2 N–H and O–H groups in total. The van der Waals surface area contributed by atoms with Crippen molar-refractivity contribution >= 4 is 28.2 Å². The third-order valence-electron chi connectivity index (χ3n) is 3.55. The second-order valence-corrected chi connectivity index (χ2v) is 5.36. The van der Waals surface area contributed by atoms with E-state index in [0.717, 1.165) is 23.0 Å². The highest BCUT2D eigenvalue weighted by molar-refractivity contribution is 5.96. The molecule has 4 nitrogen and oxygen atoms in total. The number of anilines is 2. The molecule has 0 unspecified atom stereocenters. The summed E-state index contributed by atoms with van der Waals surface area (Å²) < 4.78 is 38.1. The Bertz CT molecular complexity index is 904. The van der Waals surface area contributed by atoms with Crippen LogP contribution < -0.4 is 10.6 Å². The molecule has 0 saturated carbocycles. The number of hydrogen-bond donors (Lipinski definition) is 2. The Labute approximate surface area is 141 Å². The Kier molecular flexibility index (Phi) is 4.56. The van der Waals surface area contributed by atoms with Crippen molar-refractivity contribution in [2.75, 3.05) is 17.2 Å². The van der Waals surface area contributed by atoms with E-state index in [9.17, 15) is 18.0 Å². The SMILES string of the molecule is O=C(CNc1cccc2cccnc12)Nc1cccc(C(F)(F)F)c1. The molecule has 1 heterocycles. The lowest BCUT2D eigenvalue weighted by Gasteiger charge is -2.11. The predicted molar refractivity (Wildman–Crippen MR) is 90.3 cm³/mol. The summed E-state index contributed by atoms with van der Waals surface area (Å²) in [5.41, 5.74) is 0.684. The van der Waals surface area contributed by atoms with Gasteiger partial charge in [0.05, 0.1) is 23.3 Å². The van der Waals surface area contributed by atoms with Gasteiger partial charge in [0.1, 0.15) is 0 Å². The van der Waals surface area contributed by atoms with Gasteiger partial charge in [-0.3, -0.25) is 9.78 Å². The van der Waals surface area contributed by atoms with E-state index in [1.165, 1.54) is 12.1 Å². The number of alkyl halides is 3. The molecule has 0 atom stereocenters. The van der Waals surface area contributed by atoms with Gasteiger partial charge < -0.3 is 10.6 Å². The Balaban J connectivity index is 1.67. The average Bonchev–Trinajstić information content (AvgIpc) is 2.59. The summed E-state index contributed by atoms with van der Waals surface area (Å²) in [7, 11) is 0. The molecule has 0 saturated heterocycles. The van der Waals surface area contributed by atoms with Crippen molar-refractivity contribution < 1.29 is 18.0 Å². The van der Waals surface area contributed by atoms with E-state index in [1.807, 2.05) is 24.3 Å². The van der Waals surface area contributed by atoms with Crippen molar-refractivity contribution in [3.63, 3.8) is 0 Å². The maximum absolute atomic E-state index is 12.7. The molecule has 128 valence electrons. The van der Waals surface area contributed by atoms with Gasteiger partial charge in [-0.1, -0.05) is 24.3 Å². The maximum atomic E-state index is 12.7. The fourth-order valence-electron chi connectivity index (χ4n) is 2.40. The number of pyridine rings is 1. The molecule has 0 bridgehead atoms. The Morgan fingerprint density at radius 2 is 1.80 bits per heavy atom. The first-order valence-corrected chi connectivity index (χ1v) is 7.48. The third-order valence-corrected chi connectivity index (χ3v) is 3.55. The van der Waals surface area contributed by atoms with Gasteiger partial charge in [-0.25, -0.2) is 0 Å². The number of carbonyl (C=O) groups is 1. The minimum Gasteiger partial charge on any atom is -0.374 e. The van der Waals surface area contributed by atoms with E-state index in [-0.39, 0.29) is 12.2 Å². The van der Waals surface area contributed by atoms with Gasteiger partial charge in [-0.15, -0.1) is 0 Å². The highest BCUT2D eigenvalue weighted by atomic mass is 19.4. The fourth-order valence-corrected chi connectivity index (χ4v) is 2.40. The van der Waals surface area contributed by atoms with Gasteiger partial charge in [0.15, 0.2) is 0 Å². The number of amides is 1. The van der Waals surface area contributed by atoms with Crippen molar-refractivity contribution in [2.45, 2.75) is 6.18 Å². The van der Waals surface area contributed by atoms with E-state index in [4.69, 9.17) is 0 Å². The highest BCUT2D eigenvalue weighted by Crippen LogP contribution is 2.30. The van der Waals surface area contributed by atoms with Gasteiger partial charge in [0.25, 0.3) is 0 Å². The van der Waals surface area contributed by atoms with E-state index in [0.29, 0.717) is 5.69 Å². The number of para-hydroxylation sites is 1. The molecule has 3 rings (SSSR count). The van der Waals surface area contributed by atoms with E-state index >= 15 is 0 Å². The summed E-state index contributed by atoms with van der Waals surface area (Å²) in [6, 6.07) is 13.7. The van der Waals surface area contributed by atoms with Gasteiger partial charge in [0.2, 0.25) is 5.91 Å². The van der Waals surface area contributed by atoms with Crippen molar-refractivity contribution in [3.8, 4) is 0 Å². The lowest BCUT2D eigenvalue weighted by atomic mass is 10.2. The third kappa shape index (κ3) is 4.06. The Hall–Kier alpha value is -3.09. The lowest BCUT2D eigenvalue weighted by Crippen LogP contribution is -2.22. The Morgan fingerprint density at radius 3 is 2.60 bits per heavy atom.